The van der Waals surface area contributed by atoms with Gasteiger partial charge in [-0.1, -0.05) is 44.0 Å². The molecular weight excluding hydrogens is 291 g/mol. The van der Waals surface area contributed by atoms with E-state index in [0.29, 0.717) is 34.3 Å². The summed E-state index contributed by atoms with van der Waals surface area (Å²) in [5, 5.41) is 0.795. The van der Waals surface area contributed by atoms with Gasteiger partial charge in [-0.15, -0.1) is 0 Å². The zero-order valence-electron chi connectivity index (χ0n) is 10.6. The minimum Gasteiger partial charge on any atom is -0.490 e. The third kappa shape index (κ3) is 5.09. The van der Waals surface area contributed by atoms with Crippen molar-refractivity contribution in [1.82, 2.24) is 0 Å². The van der Waals surface area contributed by atoms with Crippen LogP contribution in [0.1, 0.15) is 31.1 Å². The first kappa shape index (κ1) is 15.7. The predicted octanol–water partition coefficient (Wildman–Crippen LogP) is 4.72. The van der Waals surface area contributed by atoms with E-state index in [4.69, 9.17) is 27.9 Å². The molecule has 0 spiro atoms. The molecule has 2 nitrogen and oxygen atoms in total. The molecule has 0 saturated heterocycles. The smallest absolute Gasteiger partial charge is 0.153 e. The standard InChI is InChI=1S/C13H16Cl2O2S/c1-13(2,3)18-5-4-17-12-9(8-16)6-10(14)7-11(12)15/h6-8H,4-5H2,1-3H3. The van der Waals surface area contributed by atoms with Gasteiger partial charge in [-0.05, 0) is 12.1 Å². The number of carbonyl (C=O) groups is 1. The van der Waals surface area contributed by atoms with Crippen molar-refractivity contribution >= 4 is 41.2 Å². The molecule has 0 unspecified atom stereocenters. The molecule has 1 aromatic rings. The third-order valence-electron chi connectivity index (χ3n) is 2.03. The Morgan fingerprint density at radius 1 is 1.33 bits per heavy atom. The molecule has 0 atom stereocenters. The van der Waals surface area contributed by atoms with Crippen LogP contribution in [0.2, 0.25) is 10.0 Å². The Bertz CT molecular complexity index is 428. The monoisotopic (exact) mass is 306 g/mol. The minimum atomic E-state index is 0.195. The van der Waals surface area contributed by atoms with Crippen LogP contribution in [0.5, 0.6) is 5.75 Å². The second kappa shape index (κ2) is 6.69. The topological polar surface area (TPSA) is 26.3 Å². The van der Waals surface area contributed by atoms with Gasteiger partial charge < -0.3 is 4.74 Å². The molecule has 0 aromatic heterocycles. The van der Waals surface area contributed by atoms with Gasteiger partial charge in [-0.25, -0.2) is 0 Å². The molecular formula is C13H16Cl2O2S. The zero-order chi connectivity index (χ0) is 13.8. The fourth-order valence-corrected chi connectivity index (χ4v) is 2.65. The number of aldehydes is 1. The van der Waals surface area contributed by atoms with E-state index in [0.717, 1.165) is 5.75 Å². The van der Waals surface area contributed by atoms with E-state index in [1.165, 1.54) is 0 Å². The fourth-order valence-electron chi connectivity index (χ4n) is 1.31. The van der Waals surface area contributed by atoms with Crippen LogP contribution in [0.15, 0.2) is 12.1 Å². The Labute approximate surface area is 122 Å². The maximum Gasteiger partial charge on any atom is 0.153 e. The molecule has 100 valence electrons. The van der Waals surface area contributed by atoms with E-state index in [-0.39, 0.29) is 4.75 Å². The Balaban J connectivity index is 2.65. The molecule has 5 heteroatoms. The van der Waals surface area contributed by atoms with Crippen LogP contribution in [0.25, 0.3) is 0 Å². The molecule has 0 aliphatic carbocycles. The van der Waals surface area contributed by atoms with Crippen molar-refractivity contribution < 1.29 is 9.53 Å². The van der Waals surface area contributed by atoms with Gasteiger partial charge in [0.1, 0.15) is 5.75 Å². The van der Waals surface area contributed by atoms with Crippen molar-refractivity contribution in [2.45, 2.75) is 25.5 Å². The van der Waals surface area contributed by atoms with Crippen molar-refractivity contribution in [3.63, 3.8) is 0 Å². The molecule has 0 N–H and O–H groups in total. The first-order valence-corrected chi connectivity index (χ1v) is 7.28. The summed E-state index contributed by atoms with van der Waals surface area (Å²) in [6.07, 6.45) is 0.698. The van der Waals surface area contributed by atoms with Gasteiger partial charge in [0, 0.05) is 15.5 Å². The molecule has 0 aliphatic rings. The van der Waals surface area contributed by atoms with E-state index in [2.05, 4.69) is 20.8 Å². The lowest BCUT2D eigenvalue weighted by atomic mass is 10.2. The van der Waals surface area contributed by atoms with Crippen LogP contribution < -0.4 is 4.74 Å². The largest absolute Gasteiger partial charge is 0.490 e. The Kier molecular flexibility index (Phi) is 5.83. The lowest BCUT2D eigenvalue weighted by Crippen LogP contribution is -2.12. The highest BCUT2D eigenvalue weighted by Gasteiger charge is 2.12. The Morgan fingerprint density at radius 2 is 2.00 bits per heavy atom. The van der Waals surface area contributed by atoms with Crippen LogP contribution in [0, 0.1) is 0 Å². The number of ether oxygens (including phenoxy) is 1. The SMILES string of the molecule is CC(C)(C)SCCOc1c(Cl)cc(Cl)cc1C=O. The normalized spacial score (nSPS) is 11.4. The maximum atomic E-state index is 10.9. The highest BCUT2D eigenvalue weighted by Crippen LogP contribution is 2.32. The number of hydrogen-bond acceptors (Lipinski definition) is 3. The number of halogens is 2. The van der Waals surface area contributed by atoms with Crippen molar-refractivity contribution in [3.8, 4) is 5.75 Å². The average molecular weight is 307 g/mol. The lowest BCUT2D eigenvalue weighted by molar-refractivity contribution is 0.112. The summed E-state index contributed by atoms with van der Waals surface area (Å²) < 4.78 is 5.76. The van der Waals surface area contributed by atoms with Gasteiger partial charge in [0.25, 0.3) is 0 Å². The second-order valence-corrected chi connectivity index (χ2v) is 7.50. The summed E-state index contributed by atoms with van der Waals surface area (Å²) in [7, 11) is 0. The van der Waals surface area contributed by atoms with Crippen LogP contribution in [-0.4, -0.2) is 23.4 Å². The van der Waals surface area contributed by atoms with Gasteiger partial charge >= 0.3 is 0 Å². The highest BCUT2D eigenvalue weighted by molar-refractivity contribution is 8.00. The molecule has 0 radical (unpaired) electrons. The molecule has 0 amide bonds. The summed E-state index contributed by atoms with van der Waals surface area (Å²) in [5.74, 6) is 1.24. The molecule has 1 aromatic carbocycles. The highest BCUT2D eigenvalue weighted by atomic mass is 35.5. The van der Waals surface area contributed by atoms with Crippen molar-refractivity contribution in [1.29, 1.82) is 0 Å². The van der Waals surface area contributed by atoms with Gasteiger partial charge in [-0.3, -0.25) is 4.79 Å². The number of hydrogen-bond donors (Lipinski definition) is 0. The molecule has 18 heavy (non-hydrogen) atoms. The fraction of sp³-hybridized carbons (Fsp3) is 0.462. The molecule has 0 saturated carbocycles. The van der Waals surface area contributed by atoms with Crippen LogP contribution in [0.3, 0.4) is 0 Å². The lowest BCUT2D eigenvalue weighted by Gasteiger charge is -2.18. The van der Waals surface area contributed by atoms with Crippen molar-refractivity contribution in [3.05, 3.63) is 27.7 Å². The Hall–Kier alpha value is -0.380. The van der Waals surface area contributed by atoms with Gasteiger partial charge in [0.2, 0.25) is 0 Å². The maximum absolute atomic E-state index is 10.9. The van der Waals surface area contributed by atoms with Crippen LogP contribution >= 0.6 is 35.0 Å². The van der Waals surface area contributed by atoms with E-state index in [1.807, 2.05) is 0 Å². The first-order valence-electron chi connectivity index (χ1n) is 5.54. The number of thioether (sulfide) groups is 1. The molecule has 0 fully saturated rings. The second-order valence-electron chi connectivity index (χ2n) is 4.73. The summed E-state index contributed by atoms with van der Waals surface area (Å²) in [6.45, 7) is 6.93. The van der Waals surface area contributed by atoms with Crippen molar-refractivity contribution in [2.75, 3.05) is 12.4 Å². The van der Waals surface area contributed by atoms with Crippen LogP contribution in [-0.2, 0) is 0 Å². The number of carbonyl (C=O) groups excluding carboxylic acids is 1. The van der Waals surface area contributed by atoms with Crippen molar-refractivity contribution in [2.24, 2.45) is 0 Å². The first-order chi connectivity index (χ1) is 8.33. The third-order valence-corrected chi connectivity index (χ3v) is 3.76. The van der Waals surface area contributed by atoms with E-state index in [1.54, 1.807) is 23.9 Å². The van der Waals surface area contributed by atoms with E-state index < -0.39 is 0 Å². The number of rotatable bonds is 5. The quantitative estimate of drug-likeness (QED) is 0.582. The summed E-state index contributed by atoms with van der Waals surface area (Å²) in [6, 6.07) is 3.12. The van der Waals surface area contributed by atoms with E-state index in [9.17, 15) is 4.79 Å². The van der Waals surface area contributed by atoms with Gasteiger partial charge in [-0.2, -0.15) is 11.8 Å². The minimum absolute atomic E-state index is 0.195. The van der Waals surface area contributed by atoms with Gasteiger partial charge in [0.05, 0.1) is 17.2 Å². The Morgan fingerprint density at radius 3 is 2.56 bits per heavy atom. The average Bonchev–Trinajstić information content (AvgIpc) is 2.24. The molecule has 0 bridgehead atoms. The molecule has 0 heterocycles. The van der Waals surface area contributed by atoms with Gasteiger partial charge in [0.15, 0.2) is 6.29 Å². The summed E-state index contributed by atoms with van der Waals surface area (Å²) >= 11 is 13.6. The van der Waals surface area contributed by atoms with E-state index >= 15 is 0 Å². The molecule has 0 aliphatic heterocycles. The number of benzene rings is 1. The zero-order valence-corrected chi connectivity index (χ0v) is 13.0. The summed E-state index contributed by atoms with van der Waals surface area (Å²) in [5.41, 5.74) is 0.383. The van der Waals surface area contributed by atoms with Crippen LogP contribution in [0.4, 0.5) is 0 Å². The predicted molar refractivity (Wildman–Crippen MR) is 79.6 cm³/mol. The molecule has 1 rings (SSSR count). The summed E-state index contributed by atoms with van der Waals surface area (Å²) in [4.78, 5) is 10.9.